The molecule has 88 valence electrons. The highest BCUT2D eigenvalue weighted by Gasteiger charge is 2.16. The maximum absolute atomic E-state index is 6.20. The molecule has 1 saturated heterocycles. The maximum atomic E-state index is 6.20. The van der Waals surface area contributed by atoms with Crippen LogP contribution in [0.5, 0.6) is 0 Å². The molecule has 1 fully saturated rings. The minimum absolute atomic E-state index is 0.680. The number of aryl methyl sites for hydroxylation is 1. The van der Waals surface area contributed by atoms with Crippen molar-refractivity contribution in [3.63, 3.8) is 0 Å². The molecule has 0 spiro atoms. The van der Waals surface area contributed by atoms with E-state index >= 15 is 0 Å². The van der Waals surface area contributed by atoms with Gasteiger partial charge in [-0.15, -0.1) is 11.8 Å². The van der Waals surface area contributed by atoms with Crippen molar-refractivity contribution in [2.75, 3.05) is 13.1 Å². The zero-order valence-electron chi connectivity index (χ0n) is 9.22. The fourth-order valence-corrected chi connectivity index (χ4v) is 3.58. The van der Waals surface area contributed by atoms with Gasteiger partial charge in [0.05, 0.1) is 5.02 Å². The third kappa shape index (κ3) is 3.07. The van der Waals surface area contributed by atoms with Crippen molar-refractivity contribution in [1.82, 2.24) is 5.32 Å². The Bertz CT molecular complexity index is 376. The number of thioether (sulfide) groups is 1. The van der Waals surface area contributed by atoms with Gasteiger partial charge in [0.15, 0.2) is 0 Å². The van der Waals surface area contributed by atoms with E-state index in [0.29, 0.717) is 5.25 Å². The summed E-state index contributed by atoms with van der Waals surface area (Å²) in [6.45, 7) is 4.24. The van der Waals surface area contributed by atoms with Crippen molar-refractivity contribution in [2.24, 2.45) is 0 Å². The van der Waals surface area contributed by atoms with Gasteiger partial charge < -0.3 is 5.32 Å². The summed E-state index contributed by atoms with van der Waals surface area (Å²) in [7, 11) is 0. The van der Waals surface area contributed by atoms with Gasteiger partial charge in [-0.3, -0.25) is 0 Å². The van der Waals surface area contributed by atoms with Crippen LogP contribution in [-0.2, 0) is 0 Å². The number of halogens is 2. The number of benzene rings is 1. The molecule has 0 aliphatic carbocycles. The van der Waals surface area contributed by atoms with E-state index in [0.717, 1.165) is 33.6 Å². The van der Waals surface area contributed by atoms with Gasteiger partial charge >= 0.3 is 0 Å². The minimum atomic E-state index is 0.680. The molecule has 2 rings (SSSR count). The van der Waals surface area contributed by atoms with E-state index < -0.39 is 0 Å². The summed E-state index contributed by atoms with van der Waals surface area (Å²) in [4.78, 5) is 1.16. The van der Waals surface area contributed by atoms with Crippen LogP contribution in [0.2, 0.25) is 10.0 Å². The van der Waals surface area contributed by atoms with Crippen molar-refractivity contribution in [3.8, 4) is 0 Å². The van der Waals surface area contributed by atoms with Gasteiger partial charge in [-0.2, -0.15) is 0 Å². The van der Waals surface area contributed by atoms with Gasteiger partial charge in [-0.1, -0.05) is 23.2 Å². The van der Waals surface area contributed by atoms with E-state index in [4.69, 9.17) is 23.2 Å². The van der Waals surface area contributed by atoms with E-state index in [2.05, 4.69) is 11.4 Å². The number of hydrogen-bond acceptors (Lipinski definition) is 2. The lowest BCUT2D eigenvalue weighted by Crippen LogP contribution is -2.29. The summed E-state index contributed by atoms with van der Waals surface area (Å²) >= 11 is 14.1. The van der Waals surface area contributed by atoms with Crippen LogP contribution in [0.25, 0.3) is 0 Å². The summed E-state index contributed by atoms with van der Waals surface area (Å²) in [5.74, 6) is 0. The number of hydrogen-bond donors (Lipinski definition) is 1. The van der Waals surface area contributed by atoms with Gasteiger partial charge in [-0.25, -0.2) is 0 Å². The average molecular weight is 276 g/mol. The van der Waals surface area contributed by atoms with E-state index in [-0.39, 0.29) is 0 Å². The van der Waals surface area contributed by atoms with Crippen molar-refractivity contribution < 1.29 is 0 Å². The van der Waals surface area contributed by atoms with E-state index in [1.165, 1.54) is 12.8 Å². The Kier molecular flexibility index (Phi) is 4.42. The Hall–Kier alpha value is 0.110. The molecule has 1 aromatic carbocycles. The SMILES string of the molecule is Cc1cc(SC2CCNCC2)c(Cl)cc1Cl. The average Bonchev–Trinajstić information content (AvgIpc) is 2.27. The third-order valence-electron chi connectivity index (χ3n) is 2.79. The standard InChI is InChI=1S/C12H15Cl2NS/c1-8-6-12(11(14)7-10(8)13)16-9-2-4-15-5-3-9/h6-7,9,15H,2-5H2,1H3. The lowest BCUT2D eigenvalue weighted by molar-refractivity contribution is 0.531. The van der Waals surface area contributed by atoms with Gasteiger partial charge in [0.25, 0.3) is 0 Å². The first-order chi connectivity index (χ1) is 7.66. The minimum Gasteiger partial charge on any atom is -0.317 e. The normalized spacial score (nSPS) is 17.7. The summed E-state index contributed by atoms with van der Waals surface area (Å²) in [6, 6.07) is 3.94. The van der Waals surface area contributed by atoms with Crippen LogP contribution < -0.4 is 5.32 Å². The molecule has 16 heavy (non-hydrogen) atoms. The van der Waals surface area contributed by atoms with Gasteiger partial charge in [0.2, 0.25) is 0 Å². The van der Waals surface area contributed by atoms with Gasteiger partial charge in [-0.05, 0) is 50.6 Å². The molecule has 1 N–H and O–H groups in total. The number of nitrogens with one attached hydrogen (secondary N) is 1. The zero-order chi connectivity index (χ0) is 11.5. The molecule has 1 heterocycles. The highest BCUT2D eigenvalue weighted by atomic mass is 35.5. The van der Waals surface area contributed by atoms with E-state index in [9.17, 15) is 0 Å². The van der Waals surface area contributed by atoms with E-state index in [1.54, 1.807) is 0 Å². The van der Waals surface area contributed by atoms with Crippen LogP contribution in [0, 0.1) is 6.92 Å². The van der Waals surface area contributed by atoms with Crippen molar-refractivity contribution in [2.45, 2.75) is 29.9 Å². The maximum Gasteiger partial charge on any atom is 0.0556 e. The summed E-state index contributed by atoms with van der Waals surface area (Å²) < 4.78 is 0. The highest BCUT2D eigenvalue weighted by Crippen LogP contribution is 2.36. The smallest absolute Gasteiger partial charge is 0.0556 e. The first kappa shape index (κ1) is 12.6. The van der Waals surface area contributed by atoms with Crippen LogP contribution in [0.4, 0.5) is 0 Å². The first-order valence-electron chi connectivity index (χ1n) is 5.50. The molecule has 0 amide bonds. The largest absolute Gasteiger partial charge is 0.317 e. The Morgan fingerprint density at radius 3 is 2.56 bits per heavy atom. The van der Waals surface area contributed by atoms with Crippen LogP contribution in [-0.4, -0.2) is 18.3 Å². The van der Waals surface area contributed by atoms with E-state index in [1.807, 2.05) is 24.8 Å². The second-order valence-electron chi connectivity index (χ2n) is 4.10. The topological polar surface area (TPSA) is 12.0 Å². The van der Waals surface area contributed by atoms with Crippen molar-refractivity contribution in [3.05, 3.63) is 27.7 Å². The molecular formula is C12H15Cl2NS. The molecule has 0 saturated carbocycles. The predicted octanol–water partition coefficient (Wildman–Crippen LogP) is 4.15. The Morgan fingerprint density at radius 1 is 1.19 bits per heavy atom. The zero-order valence-corrected chi connectivity index (χ0v) is 11.6. The van der Waals surface area contributed by atoms with Crippen molar-refractivity contribution in [1.29, 1.82) is 0 Å². The summed E-state index contributed by atoms with van der Waals surface area (Å²) in [5, 5.41) is 5.57. The molecular weight excluding hydrogens is 261 g/mol. The molecule has 4 heteroatoms. The molecule has 0 atom stereocenters. The van der Waals surface area contributed by atoms with Crippen LogP contribution in [0.1, 0.15) is 18.4 Å². The molecule has 1 aliphatic rings. The second kappa shape index (κ2) is 5.63. The monoisotopic (exact) mass is 275 g/mol. The number of piperidine rings is 1. The molecule has 0 aromatic heterocycles. The van der Waals surface area contributed by atoms with Gasteiger partial charge in [0, 0.05) is 15.2 Å². The molecule has 1 aromatic rings. The summed E-state index contributed by atoms with van der Waals surface area (Å²) in [5.41, 5.74) is 1.10. The Labute approximate surface area is 111 Å². The Morgan fingerprint density at radius 2 is 1.88 bits per heavy atom. The molecule has 1 nitrogen and oxygen atoms in total. The van der Waals surface area contributed by atoms with Crippen LogP contribution >= 0.6 is 35.0 Å². The fourth-order valence-electron chi connectivity index (χ4n) is 1.81. The Balaban J connectivity index is 2.11. The highest BCUT2D eigenvalue weighted by molar-refractivity contribution is 8.00. The van der Waals surface area contributed by atoms with Crippen molar-refractivity contribution >= 4 is 35.0 Å². The van der Waals surface area contributed by atoms with Crippen LogP contribution in [0.3, 0.4) is 0 Å². The van der Waals surface area contributed by atoms with Crippen LogP contribution in [0.15, 0.2) is 17.0 Å². The first-order valence-corrected chi connectivity index (χ1v) is 7.13. The molecule has 1 aliphatic heterocycles. The van der Waals surface area contributed by atoms with Gasteiger partial charge in [0.1, 0.15) is 0 Å². The lowest BCUT2D eigenvalue weighted by Gasteiger charge is -2.22. The quantitative estimate of drug-likeness (QED) is 0.871. The third-order valence-corrected chi connectivity index (χ3v) is 5.02. The lowest BCUT2D eigenvalue weighted by atomic mass is 10.2. The molecule has 0 radical (unpaired) electrons. The predicted molar refractivity (Wildman–Crippen MR) is 72.9 cm³/mol. The molecule has 0 bridgehead atoms. The fraction of sp³-hybridized carbons (Fsp3) is 0.500. The molecule has 0 unspecified atom stereocenters. The summed E-state index contributed by atoms with van der Waals surface area (Å²) in [6.07, 6.45) is 2.42. The number of rotatable bonds is 2. The second-order valence-corrected chi connectivity index (χ2v) is 6.26.